The number of carbonyl (C=O) groups excluding carboxylic acids is 1. The van der Waals surface area contributed by atoms with Crippen LogP contribution >= 0.6 is 0 Å². The van der Waals surface area contributed by atoms with Crippen LogP contribution in [0.2, 0.25) is 0 Å². The maximum atomic E-state index is 13.1. The summed E-state index contributed by atoms with van der Waals surface area (Å²) in [5.74, 6) is 1.19. The smallest absolute Gasteiger partial charge is 0.262 e. The number of hydrogen-bond acceptors (Lipinski definition) is 4. The lowest BCUT2D eigenvalue weighted by Gasteiger charge is -2.13. The van der Waals surface area contributed by atoms with Gasteiger partial charge >= 0.3 is 0 Å². The normalized spacial score (nSPS) is 10.6. The molecule has 0 fully saturated rings. The van der Waals surface area contributed by atoms with E-state index >= 15 is 0 Å². The molecule has 6 heteroatoms. The molecule has 156 valence electrons. The van der Waals surface area contributed by atoms with Crippen LogP contribution in [0.25, 0.3) is 16.5 Å². The van der Waals surface area contributed by atoms with Crippen LogP contribution in [-0.4, -0.2) is 24.7 Å². The number of nitrogens with zero attached hydrogens (tertiary/aromatic N) is 1. The van der Waals surface area contributed by atoms with Crippen LogP contribution in [0, 0.1) is 0 Å². The summed E-state index contributed by atoms with van der Waals surface area (Å²) in [6.45, 7) is 0.360. The molecule has 6 nitrogen and oxygen atoms in total. The fraction of sp³-hybridized carbons (Fsp3) is 0.120. The molecule has 1 aromatic heterocycles. The SMILES string of the molecule is COc1ccc(CNC(=O)c2cn(-c3ccc(OC)cc3)c(=O)c3ccccc23)cc1. The third-order valence-electron chi connectivity index (χ3n) is 5.13. The second kappa shape index (κ2) is 8.75. The number of methoxy groups -OCH3 is 2. The zero-order chi connectivity index (χ0) is 21.8. The number of pyridine rings is 1. The van der Waals surface area contributed by atoms with Gasteiger partial charge < -0.3 is 14.8 Å². The maximum Gasteiger partial charge on any atom is 0.262 e. The van der Waals surface area contributed by atoms with Crippen LogP contribution in [0.3, 0.4) is 0 Å². The number of hydrogen-bond donors (Lipinski definition) is 1. The predicted octanol–water partition coefficient (Wildman–Crippen LogP) is 3.94. The monoisotopic (exact) mass is 414 g/mol. The van der Waals surface area contributed by atoms with Gasteiger partial charge in [0.05, 0.1) is 19.8 Å². The second-order valence-corrected chi connectivity index (χ2v) is 6.99. The first kappa shape index (κ1) is 20.2. The fourth-order valence-electron chi connectivity index (χ4n) is 3.43. The number of fused-ring (bicyclic) bond motifs is 1. The van der Waals surface area contributed by atoms with Gasteiger partial charge in [-0.1, -0.05) is 30.3 Å². The molecule has 4 rings (SSSR count). The van der Waals surface area contributed by atoms with Gasteiger partial charge in [-0.2, -0.15) is 0 Å². The molecule has 0 aliphatic carbocycles. The van der Waals surface area contributed by atoms with Crippen molar-refractivity contribution in [3.05, 3.63) is 100 Å². The molecular weight excluding hydrogens is 392 g/mol. The minimum Gasteiger partial charge on any atom is -0.497 e. The van der Waals surface area contributed by atoms with E-state index in [1.807, 2.05) is 30.3 Å². The molecule has 0 aliphatic rings. The van der Waals surface area contributed by atoms with Gasteiger partial charge in [-0.3, -0.25) is 14.2 Å². The van der Waals surface area contributed by atoms with Gasteiger partial charge in [0, 0.05) is 29.2 Å². The van der Waals surface area contributed by atoms with Crippen molar-refractivity contribution in [2.24, 2.45) is 0 Å². The quantitative estimate of drug-likeness (QED) is 0.519. The highest BCUT2D eigenvalue weighted by atomic mass is 16.5. The van der Waals surface area contributed by atoms with E-state index in [4.69, 9.17) is 9.47 Å². The van der Waals surface area contributed by atoms with Crippen molar-refractivity contribution in [1.29, 1.82) is 0 Å². The van der Waals surface area contributed by atoms with Crippen LogP contribution in [0.5, 0.6) is 11.5 Å². The molecular formula is C25H22N2O4. The highest BCUT2D eigenvalue weighted by molar-refractivity contribution is 6.06. The fourth-order valence-corrected chi connectivity index (χ4v) is 3.43. The minimum absolute atomic E-state index is 0.188. The molecule has 3 aromatic carbocycles. The lowest BCUT2D eigenvalue weighted by molar-refractivity contribution is 0.0952. The molecule has 1 amide bonds. The Morgan fingerprint density at radius 3 is 2.03 bits per heavy atom. The molecule has 0 atom stereocenters. The van der Waals surface area contributed by atoms with Crippen molar-refractivity contribution >= 4 is 16.7 Å². The Balaban J connectivity index is 1.70. The summed E-state index contributed by atoms with van der Waals surface area (Å²) >= 11 is 0. The number of aromatic nitrogens is 1. The van der Waals surface area contributed by atoms with Crippen molar-refractivity contribution in [2.75, 3.05) is 14.2 Å². The van der Waals surface area contributed by atoms with Crippen molar-refractivity contribution in [3.8, 4) is 17.2 Å². The van der Waals surface area contributed by atoms with E-state index in [9.17, 15) is 9.59 Å². The summed E-state index contributed by atoms with van der Waals surface area (Å²) < 4.78 is 11.9. The average molecular weight is 414 g/mol. The topological polar surface area (TPSA) is 69.6 Å². The standard InChI is InChI=1S/C25H22N2O4/c1-30-19-11-7-17(8-12-19)15-26-24(28)23-16-27(18-9-13-20(31-2)14-10-18)25(29)22-6-4-3-5-21(22)23/h3-14,16H,15H2,1-2H3,(H,26,28). The van der Waals surface area contributed by atoms with Gasteiger partial charge in [-0.05, 0) is 48.0 Å². The molecule has 1 heterocycles. The highest BCUT2D eigenvalue weighted by Crippen LogP contribution is 2.20. The molecule has 0 radical (unpaired) electrons. The molecule has 4 aromatic rings. The molecule has 0 saturated carbocycles. The lowest BCUT2D eigenvalue weighted by atomic mass is 10.1. The van der Waals surface area contributed by atoms with Crippen molar-refractivity contribution in [1.82, 2.24) is 9.88 Å². The predicted molar refractivity (Wildman–Crippen MR) is 120 cm³/mol. The molecule has 0 saturated heterocycles. The lowest BCUT2D eigenvalue weighted by Crippen LogP contribution is -2.27. The third kappa shape index (κ3) is 4.14. The Morgan fingerprint density at radius 2 is 1.42 bits per heavy atom. The highest BCUT2D eigenvalue weighted by Gasteiger charge is 2.15. The van der Waals surface area contributed by atoms with Crippen molar-refractivity contribution < 1.29 is 14.3 Å². The third-order valence-corrected chi connectivity index (χ3v) is 5.13. The molecule has 0 bridgehead atoms. The number of nitrogens with one attached hydrogen (secondary N) is 1. The first-order valence-corrected chi connectivity index (χ1v) is 9.80. The van der Waals surface area contributed by atoms with Gasteiger partial charge in [0.15, 0.2) is 0 Å². The van der Waals surface area contributed by atoms with E-state index in [0.29, 0.717) is 34.3 Å². The second-order valence-electron chi connectivity index (χ2n) is 6.99. The molecule has 31 heavy (non-hydrogen) atoms. The van der Waals surface area contributed by atoms with Gasteiger partial charge in [0.1, 0.15) is 11.5 Å². The maximum absolute atomic E-state index is 13.1. The van der Waals surface area contributed by atoms with Crippen LogP contribution in [0.1, 0.15) is 15.9 Å². The Labute approximate surface area is 179 Å². The molecule has 0 spiro atoms. The summed E-state index contributed by atoms with van der Waals surface area (Å²) in [5, 5.41) is 4.04. The van der Waals surface area contributed by atoms with Crippen molar-refractivity contribution in [3.63, 3.8) is 0 Å². The first-order valence-electron chi connectivity index (χ1n) is 9.80. The van der Waals surface area contributed by atoms with E-state index in [2.05, 4.69) is 5.32 Å². The average Bonchev–Trinajstić information content (AvgIpc) is 2.83. The van der Waals surface area contributed by atoms with Gasteiger partial charge in [0.25, 0.3) is 11.5 Å². The van der Waals surface area contributed by atoms with Crippen LogP contribution in [-0.2, 0) is 6.54 Å². The zero-order valence-electron chi connectivity index (χ0n) is 17.3. The van der Waals surface area contributed by atoms with Crippen LogP contribution < -0.4 is 20.3 Å². The first-order chi connectivity index (χ1) is 15.1. The number of benzene rings is 3. The summed E-state index contributed by atoms with van der Waals surface area (Å²) in [6, 6.07) is 21.8. The Bertz CT molecular complexity index is 1280. The Morgan fingerprint density at radius 1 is 0.839 bits per heavy atom. The van der Waals surface area contributed by atoms with E-state index in [-0.39, 0.29) is 11.5 Å². The summed E-state index contributed by atoms with van der Waals surface area (Å²) in [4.78, 5) is 26.2. The number of amides is 1. The summed E-state index contributed by atoms with van der Waals surface area (Å²) in [6.07, 6.45) is 1.59. The summed E-state index contributed by atoms with van der Waals surface area (Å²) in [5.41, 5.74) is 1.84. The number of rotatable bonds is 6. The zero-order valence-corrected chi connectivity index (χ0v) is 17.3. The Kier molecular flexibility index (Phi) is 5.71. The minimum atomic E-state index is -0.255. The molecule has 0 aliphatic heterocycles. The molecule has 0 unspecified atom stereocenters. The largest absolute Gasteiger partial charge is 0.497 e. The Hall–Kier alpha value is -4.06. The van der Waals surface area contributed by atoms with Crippen LogP contribution in [0.4, 0.5) is 0 Å². The number of ether oxygens (including phenoxy) is 2. The molecule has 1 N–H and O–H groups in total. The van der Waals surface area contributed by atoms with Gasteiger partial charge in [-0.25, -0.2) is 0 Å². The van der Waals surface area contributed by atoms with Gasteiger partial charge in [0.2, 0.25) is 0 Å². The summed E-state index contributed by atoms with van der Waals surface area (Å²) in [7, 11) is 3.20. The van der Waals surface area contributed by atoms with E-state index < -0.39 is 0 Å². The van der Waals surface area contributed by atoms with Crippen LogP contribution in [0.15, 0.2) is 83.8 Å². The van der Waals surface area contributed by atoms with E-state index in [0.717, 1.165) is 11.3 Å². The number of carbonyl (C=O) groups is 1. The van der Waals surface area contributed by atoms with Gasteiger partial charge in [-0.15, -0.1) is 0 Å². The van der Waals surface area contributed by atoms with Crippen molar-refractivity contribution in [2.45, 2.75) is 6.54 Å². The van der Waals surface area contributed by atoms with E-state index in [1.54, 1.807) is 62.9 Å². The van der Waals surface area contributed by atoms with E-state index in [1.165, 1.54) is 4.57 Å².